The van der Waals surface area contributed by atoms with Gasteiger partial charge in [0.25, 0.3) is 11.7 Å². The van der Waals surface area contributed by atoms with Crippen molar-refractivity contribution in [3.63, 3.8) is 0 Å². The van der Waals surface area contributed by atoms with E-state index in [2.05, 4.69) is 21.3 Å². The van der Waals surface area contributed by atoms with Crippen molar-refractivity contribution in [3.8, 4) is 0 Å². The Morgan fingerprint density at radius 2 is 1.96 bits per heavy atom. The van der Waals surface area contributed by atoms with Gasteiger partial charge in [-0.1, -0.05) is 35.3 Å². The summed E-state index contributed by atoms with van der Waals surface area (Å²) in [4.78, 5) is 19.4. The van der Waals surface area contributed by atoms with Gasteiger partial charge in [0.05, 0.1) is 21.9 Å². The van der Waals surface area contributed by atoms with E-state index in [1.165, 1.54) is 4.90 Å². The Bertz CT molecular complexity index is 733. The topological polar surface area (TPSA) is 50.9 Å². The predicted molar refractivity (Wildman–Crippen MR) is 100 cm³/mol. The maximum Gasteiger partial charge on any atom is 0.282 e. The molecule has 1 aromatic heterocycles. The fourth-order valence-corrected chi connectivity index (χ4v) is 3.42. The van der Waals surface area contributed by atoms with E-state index in [4.69, 9.17) is 23.2 Å². The number of carbonyl (C=O) groups is 1. The average Bonchev–Trinajstić information content (AvgIpc) is 2.65. The number of aromatic nitrogens is 1. The lowest BCUT2D eigenvalue weighted by molar-refractivity contribution is -0.914. The highest BCUT2D eigenvalue weighted by Crippen LogP contribution is 2.29. The number of benzene rings is 1. The molecule has 1 aliphatic rings. The Labute approximate surface area is 157 Å². The summed E-state index contributed by atoms with van der Waals surface area (Å²) >= 11 is 12.2. The summed E-state index contributed by atoms with van der Waals surface area (Å²) in [7, 11) is 0. The molecule has 1 saturated heterocycles. The molecule has 1 fully saturated rings. The van der Waals surface area contributed by atoms with Gasteiger partial charge in [0.1, 0.15) is 26.2 Å². The van der Waals surface area contributed by atoms with Gasteiger partial charge in [0.15, 0.2) is 6.04 Å². The highest BCUT2D eigenvalue weighted by Gasteiger charge is 2.32. The van der Waals surface area contributed by atoms with Gasteiger partial charge in [-0.2, -0.15) is 0 Å². The first-order valence-corrected chi connectivity index (χ1v) is 9.13. The summed E-state index contributed by atoms with van der Waals surface area (Å²) in [5.74, 6) is 1.07. The van der Waals surface area contributed by atoms with Crippen LogP contribution in [0.25, 0.3) is 0 Å². The summed E-state index contributed by atoms with van der Waals surface area (Å²) in [6.07, 6.45) is 1.93. The zero-order valence-corrected chi connectivity index (χ0v) is 15.6. The number of amides is 1. The summed E-state index contributed by atoms with van der Waals surface area (Å²) in [5.41, 5.74) is 0.558. The van der Waals surface area contributed by atoms with Gasteiger partial charge in [-0.05, 0) is 25.1 Å². The molecule has 0 radical (unpaired) electrons. The van der Waals surface area contributed by atoms with Crippen LogP contribution < -0.4 is 20.1 Å². The van der Waals surface area contributed by atoms with Crippen molar-refractivity contribution in [2.75, 3.05) is 36.4 Å². The number of hydrogen-bond acceptors (Lipinski definition) is 2. The third-order valence-corrected chi connectivity index (χ3v) is 5.47. The van der Waals surface area contributed by atoms with Crippen LogP contribution >= 0.6 is 23.2 Å². The zero-order valence-electron chi connectivity index (χ0n) is 14.1. The van der Waals surface area contributed by atoms with Crippen LogP contribution in [-0.2, 0) is 4.79 Å². The van der Waals surface area contributed by atoms with Gasteiger partial charge >= 0.3 is 0 Å². The van der Waals surface area contributed by atoms with E-state index in [0.29, 0.717) is 15.7 Å². The number of hydrogen-bond donors (Lipinski definition) is 2. The molecular weight excluding hydrogens is 359 g/mol. The van der Waals surface area contributed by atoms with Crippen LogP contribution in [0.5, 0.6) is 0 Å². The molecule has 25 heavy (non-hydrogen) atoms. The minimum Gasteiger partial charge on any atom is -0.320 e. The van der Waals surface area contributed by atoms with Crippen molar-refractivity contribution < 1.29 is 14.7 Å². The fraction of sp³-hybridized carbons (Fsp3) is 0.333. The Morgan fingerprint density at radius 3 is 2.64 bits per heavy atom. The largest absolute Gasteiger partial charge is 0.320 e. The molecule has 0 saturated carbocycles. The number of halogens is 2. The van der Waals surface area contributed by atoms with Gasteiger partial charge in [0.2, 0.25) is 0 Å². The second-order valence-corrected chi connectivity index (χ2v) is 6.99. The highest BCUT2D eigenvalue weighted by atomic mass is 35.5. The monoisotopic (exact) mass is 380 g/mol. The number of H-pyrrole nitrogens is 1. The molecule has 5 nitrogen and oxygen atoms in total. The quantitative estimate of drug-likeness (QED) is 0.844. The molecule has 7 heteroatoms. The molecule has 0 aliphatic carbocycles. The lowest BCUT2D eigenvalue weighted by Crippen LogP contribution is -3.19. The van der Waals surface area contributed by atoms with Crippen LogP contribution in [0, 0.1) is 0 Å². The van der Waals surface area contributed by atoms with Crippen LogP contribution in [0.1, 0.15) is 6.92 Å². The zero-order chi connectivity index (χ0) is 17.8. The molecule has 2 heterocycles. The number of piperazine rings is 1. The molecule has 1 atom stereocenters. The van der Waals surface area contributed by atoms with Crippen LogP contribution in [0.15, 0.2) is 42.6 Å². The SMILES string of the molecule is C[C@@H](C(=O)Nc1cccc(Cl)c1Cl)[NH+]1CCN(c2cccc[nH+]2)CC1. The molecule has 3 rings (SSSR count). The molecule has 132 valence electrons. The minimum atomic E-state index is -0.156. The molecule has 1 aromatic carbocycles. The maximum absolute atomic E-state index is 12.6. The van der Waals surface area contributed by atoms with Crippen LogP contribution in [-0.4, -0.2) is 38.1 Å². The van der Waals surface area contributed by atoms with Crippen molar-refractivity contribution in [1.82, 2.24) is 0 Å². The van der Waals surface area contributed by atoms with E-state index in [0.717, 1.165) is 32.0 Å². The number of rotatable bonds is 4. The lowest BCUT2D eigenvalue weighted by atomic mass is 10.2. The molecule has 0 spiro atoms. The number of aromatic amines is 1. The maximum atomic E-state index is 12.6. The van der Waals surface area contributed by atoms with Crippen LogP contribution in [0.3, 0.4) is 0 Å². The summed E-state index contributed by atoms with van der Waals surface area (Å²) < 4.78 is 0. The van der Waals surface area contributed by atoms with Gasteiger partial charge < -0.3 is 10.2 Å². The summed E-state index contributed by atoms with van der Waals surface area (Å²) in [5, 5.41) is 3.71. The Kier molecular flexibility index (Phi) is 5.78. The van der Waals surface area contributed by atoms with Crippen molar-refractivity contribution in [3.05, 3.63) is 52.6 Å². The van der Waals surface area contributed by atoms with E-state index in [9.17, 15) is 4.79 Å². The Morgan fingerprint density at radius 1 is 1.20 bits per heavy atom. The fourth-order valence-electron chi connectivity index (χ4n) is 3.08. The molecule has 0 bridgehead atoms. The molecular formula is C18H22Cl2N4O+2. The second-order valence-electron chi connectivity index (χ2n) is 6.21. The molecule has 0 unspecified atom stereocenters. The highest BCUT2D eigenvalue weighted by molar-refractivity contribution is 6.44. The Hall–Kier alpha value is -1.82. The van der Waals surface area contributed by atoms with Gasteiger partial charge in [0, 0.05) is 6.07 Å². The van der Waals surface area contributed by atoms with Gasteiger partial charge in [-0.25, -0.2) is 4.98 Å². The molecule has 1 aliphatic heterocycles. The van der Waals surface area contributed by atoms with Crippen molar-refractivity contribution in [1.29, 1.82) is 0 Å². The van der Waals surface area contributed by atoms with Crippen molar-refractivity contribution in [2.45, 2.75) is 13.0 Å². The molecule has 3 N–H and O–H groups in total. The second kappa shape index (κ2) is 8.04. The minimum absolute atomic E-state index is 0.0427. The van der Waals surface area contributed by atoms with Crippen molar-refractivity contribution in [2.24, 2.45) is 0 Å². The third kappa shape index (κ3) is 4.24. The number of pyridine rings is 1. The van der Waals surface area contributed by atoms with Gasteiger partial charge in [-0.15, -0.1) is 0 Å². The van der Waals surface area contributed by atoms with E-state index in [1.807, 2.05) is 25.3 Å². The number of anilines is 2. The third-order valence-electron chi connectivity index (χ3n) is 4.65. The number of nitrogens with one attached hydrogen (secondary N) is 3. The van der Waals surface area contributed by atoms with Crippen molar-refractivity contribution >= 4 is 40.6 Å². The number of nitrogens with zero attached hydrogens (tertiary/aromatic N) is 1. The first kappa shape index (κ1) is 18.0. The van der Waals surface area contributed by atoms with Gasteiger partial charge in [-0.3, -0.25) is 9.69 Å². The number of quaternary nitrogens is 1. The van der Waals surface area contributed by atoms with E-state index < -0.39 is 0 Å². The van der Waals surface area contributed by atoms with E-state index >= 15 is 0 Å². The van der Waals surface area contributed by atoms with E-state index in [-0.39, 0.29) is 11.9 Å². The van der Waals surface area contributed by atoms with Crippen LogP contribution in [0.2, 0.25) is 10.0 Å². The molecule has 1 amide bonds. The summed E-state index contributed by atoms with van der Waals surface area (Å²) in [6, 6.07) is 11.1. The number of carbonyl (C=O) groups excluding carboxylic acids is 1. The summed E-state index contributed by atoms with van der Waals surface area (Å²) in [6.45, 7) is 5.57. The van der Waals surface area contributed by atoms with Crippen LogP contribution in [0.4, 0.5) is 11.5 Å². The Balaban J connectivity index is 1.58. The molecule has 2 aromatic rings. The lowest BCUT2D eigenvalue weighted by Gasteiger charge is -2.31. The first-order chi connectivity index (χ1) is 12.1. The first-order valence-electron chi connectivity index (χ1n) is 8.37. The van der Waals surface area contributed by atoms with E-state index in [1.54, 1.807) is 18.2 Å². The smallest absolute Gasteiger partial charge is 0.282 e. The standard InChI is InChI=1S/C18H20Cl2N4O/c1-13(18(25)22-15-6-4-5-14(19)17(15)20)23-9-11-24(12-10-23)16-7-2-3-8-21-16/h2-8,13H,9-12H2,1H3,(H,22,25)/p+2/t13-/m0/s1. The average molecular weight is 381 g/mol. The normalized spacial score (nSPS) is 16.5. The predicted octanol–water partition coefficient (Wildman–Crippen LogP) is 1.54.